The quantitative estimate of drug-likeness (QED) is 0.161. The van der Waals surface area contributed by atoms with Crippen LogP contribution in [-0.2, 0) is 0 Å². The maximum atomic E-state index is 2.50. The second-order valence-electron chi connectivity index (χ2n) is 16.0. The predicted octanol–water partition coefficient (Wildman–Crippen LogP) is 13.8. The maximum absolute atomic E-state index is 2.50. The van der Waals surface area contributed by atoms with E-state index in [1.165, 1.54) is 103 Å². The molecule has 0 saturated carbocycles. The summed E-state index contributed by atoms with van der Waals surface area (Å²) in [5.74, 6) is 0. The molecule has 0 N–H and O–H groups in total. The van der Waals surface area contributed by atoms with Crippen molar-refractivity contribution in [2.45, 2.75) is 0 Å². The summed E-state index contributed by atoms with van der Waals surface area (Å²) in [5.41, 5.74) is 16.2. The van der Waals surface area contributed by atoms with Crippen LogP contribution < -0.4 is 26.2 Å². The lowest BCUT2D eigenvalue weighted by molar-refractivity contribution is 1.30. The molecule has 0 fully saturated rings. The molecule has 1 aromatic heterocycles. The molecule has 0 amide bonds. The lowest BCUT2D eigenvalue weighted by Crippen LogP contribution is -2.54. The molecule has 0 atom stereocenters. The topological polar surface area (TPSA) is 6.48 Å². The van der Waals surface area contributed by atoms with Crippen LogP contribution in [0.4, 0.5) is 34.1 Å². The van der Waals surface area contributed by atoms with Gasteiger partial charge in [-0.05, 0) is 111 Å². The summed E-state index contributed by atoms with van der Waals surface area (Å²) in [6, 6.07) is 78.8. The molecule has 0 saturated heterocycles. The number of para-hydroxylation sites is 2. The van der Waals surface area contributed by atoms with Gasteiger partial charge in [-0.2, -0.15) is 0 Å². The summed E-state index contributed by atoms with van der Waals surface area (Å²) in [4.78, 5) is 4.99. The van der Waals surface area contributed by atoms with Gasteiger partial charge in [-0.1, -0.05) is 151 Å². The van der Waals surface area contributed by atoms with Crippen molar-refractivity contribution < 1.29 is 0 Å². The molecule has 278 valence electrons. The largest absolute Gasteiger partial charge is 0.311 e. The third-order valence-electron chi connectivity index (χ3n) is 12.8. The second kappa shape index (κ2) is 13.1. The Morgan fingerprint density at radius 3 is 1.83 bits per heavy atom. The van der Waals surface area contributed by atoms with E-state index in [1.807, 2.05) is 11.3 Å². The van der Waals surface area contributed by atoms with Gasteiger partial charge in [0.2, 0.25) is 6.71 Å². The number of thiophene rings is 1. The van der Waals surface area contributed by atoms with Crippen LogP contribution in [-0.4, -0.2) is 6.71 Å². The minimum absolute atomic E-state index is 0.0714. The number of benzene rings is 10. The summed E-state index contributed by atoms with van der Waals surface area (Å²) >= 11 is 1.88. The van der Waals surface area contributed by atoms with Crippen molar-refractivity contribution in [1.82, 2.24) is 0 Å². The Hall–Kier alpha value is -7.40. The molecule has 0 unspecified atom stereocenters. The van der Waals surface area contributed by atoms with E-state index in [0.717, 1.165) is 11.4 Å². The first-order valence-electron chi connectivity index (χ1n) is 20.7. The summed E-state index contributed by atoms with van der Waals surface area (Å²) in [7, 11) is 0. The molecule has 2 aliphatic rings. The summed E-state index contributed by atoms with van der Waals surface area (Å²) in [6.45, 7) is 0.0714. The van der Waals surface area contributed by atoms with Crippen molar-refractivity contribution in [3.05, 3.63) is 212 Å². The number of hydrogen-bond donors (Lipinski definition) is 0. The monoisotopic (exact) mass is 778 g/mol. The minimum atomic E-state index is 0.0714. The Kier molecular flexibility index (Phi) is 7.30. The van der Waals surface area contributed by atoms with Gasteiger partial charge in [0.1, 0.15) is 0 Å². The molecular weight excluding hydrogens is 744 g/mol. The van der Waals surface area contributed by atoms with Crippen LogP contribution in [0.25, 0.3) is 64.0 Å². The molecule has 11 aromatic rings. The Bertz CT molecular complexity index is 3440. The van der Waals surface area contributed by atoms with Gasteiger partial charge in [0.15, 0.2) is 0 Å². The van der Waals surface area contributed by atoms with Crippen LogP contribution in [0.2, 0.25) is 0 Å². The Labute approximate surface area is 352 Å². The van der Waals surface area contributed by atoms with E-state index in [2.05, 4.69) is 222 Å². The summed E-state index contributed by atoms with van der Waals surface area (Å²) in [5, 5.41) is 7.54. The fraction of sp³-hybridized carbons (Fsp3) is 0. The van der Waals surface area contributed by atoms with Gasteiger partial charge < -0.3 is 9.80 Å². The Morgan fingerprint density at radius 2 is 1.05 bits per heavy atom. The van der Waals surface area contributed by atoms with Crippen LogP contribution >= 0.6 is 11.3 Å². The fourth-order valence-electron chi connectivity index (χ4n) is 10.2. The van der Waals surface area contributed by atoms with Crippen molar-refractivity contribution in [2.75, 3.05) is 9.80 Å². The molecule has 2 aliphatic heterocycles. The van der Waals surface area contributed by atoms with Crippen molar-refractivity contribution in [2.24, 2.45) is 0 Å². The predicted molar refractivity (Wildman–Crippen MR) is 259 cm³/mol. The van der Waals surface area contributed by atoms with Crippen LogP contribution in [0.1, 0.15) is 0 Å². The van der Waals surface area contributed by atoms with Gasteiger partial charge in [0.05, 0.1) is 11.4 Å². The summed E-state index contributed by atoms with van der Waals surface area (Å²) < 4.78 is 2.65. The number of nitrogens with zero attached hydrogens (tertiary/aromatic N) is 2. The summed E-state index contributed by atoms with van der Waals surface area (Å²) in [6.07, 6.45) is 0. The van der Waals surface area contributed by atoms with Crippen molar-refractivity contribution >= 4 is 110 Å². The highest BCUT2D eigenvalue weighted by Crippen LogP contribution is 2.46. The highest BCUT2D eigenvalue weighted by Gasteiger charge is 2.43. The average Bonchev–Trinajstić information content (AvgIpc) is 3.85. The lowest BCUT2D eigenvalue weighted by Gasteiger charge is -2.36. The molecule has 0 aliphatic carbocycles. The fourth-order valence-corrected chi connectivity index (χ4v) is 11.4. The first kappa shape index (κ1) is 33.6. The molecule has 10 aromatic carbocycles. The minimum Gasteiger partial charge on any atom is -0.311 e. The standard InChI is InChI=1S/C56H35BN2S/c1-2-18-40(19-3-1)58-52-24-10-9-23-48(52)57-49-35-41(59(50-25-12-16-36-14-4-6-20-42(36)50)51-26-13-17-37-15-5-7-21-43(37)51)29-31-44(49)47-32-39(33-53(58)56(47)57)38-28-30-46-45-22-8-11-27-54(45)60-55(46)34-38/h1-35H. The molecule has 0 bridgehead atoms. The van der Waals surface area contributed by atoms with E-state index < -0.39 is 0 Å². The molecule has 2 nitrogen and oxygen atoms in total. The molecule has 13 rings (SSSR count). The SMILES string of the molecule is c1ccc(N2c3ccccc3B3c4cc(N(c5cccc6ccccc56)c5cccc6ccccc56)ccc4-c4cc(-c5ccc6c(c5)sc5ccccc56)cc2c43)cc1. The smallest absolute Gasteiger partial charge is 0.248 e. The van der Waals surface area contributed by atoms with Gasteiger partial charge in [0.25, 0.3) is 0 Å². The Morgan fingerprint density at radius 1 is 0.400 bits per heavy atom. The second-order valence-corrected chi connectivity index (χ2v) is 17.1. The van der Waals surface area contributed by atoms with E-state index in [4.69, 9.17) is 0 Å². The normalized spacial score (nSPS) is 12.6. The zero-order valence-electron chi connectivity index (χ0n) is 32.6. The van der Waals surface area contributed by atoms with Crippen molar-refractivity contribution in [3.63, 3.8) is 0 Å². The van der Waals surface area contributed by atoms with E-state index in [0.29, 0.717) is 0 Å². The lowest BCUT2D eigenvalue weighted by atomic mass is 9.37. The van der Waals surface area contributed by atoms with Crippen LogP contribution in [0.15, 0.2) is 212 Å². The third kappa shape index (κ3) is 4.95. The molecule has 0 spiro atoms. The van der Waals surface area contributed by atoms with Crippen LogP contribution in [0.3, 0.4) is 0 Å². The van der Waals surface area contributed by atoms with Gasteiger partial charge in [-0.3, -0.25) is 0 Å². The number of hydrogen-bond acceptors (Lipinski definition) is 3. The molecular formula is C56H35BN2S. The first-order chi connectivity index (χ1) is 29.8. The molecule has 4 heteroatoms. The van der Waals surface area contributed by atoms with Gasteiger partial charge in [-0.15, -0.1) is 11.3 Å². The maximum Gasteiger partial charge on any atom is 0.248 e. The average molecular weight is 779 g/mol. The van der Waals surface area contributed by atoms with Crippen molar-refractivity contribution in [1.29, 1.82) is 0 Å². The Balaban J connectivity index is 1.07. The molecule has 3 heterocycles. The van der Waals surface area contributed by atoms with Gasteiger partial charge >= 0.3 is 0 Å². The van der Waals surface area contributed by atoms with Gasteiger partial charge in [0, 0.05) is 53.7 Å². The molecule has 60 heavy (non-hydrogen) atoms. The zero-order valence-corrected chi connectivity index (χ0v) is 33.4. The zero-order chi connectivity index (χ0) is 39.3. The first-order valence-corrected chi connectivity index (χ1v) is 21.5. The highest BCUT2D eigenvalue weighted by molar-refractivity contribution is 7.25. The van der Waals surface area contributed by atoms with E-state index >= 15 is 0 Å². The number of fused-ring (bicyclic) bond motifs is 10. The van der Waals surface area contributed by atoms with E-state index in [1.54, 1.807) is 0 Å². The molecule has 0 radical (unpaired) electrons. The van der Waals surface area contributed by atoms with Crippen LogP contribution in [0.5, 0.6) is 0 Å². The third-order valence-corrected chi connectivity index (χ3v) is 13.9. The number of rotatable bonds is 5. The highest BCUT2D eigenvalue weighted by atomic mass is 32.1. The number of anilines is 6. The van der Waals surface area contributed by atoms with Crippen LogP contribution in [0, 0.1) is 0 Å². The van der Waals surface area contributed by atoms with Crippen molar-refractivity contribution in [3.8, 4) is 22.3 Å². The van der Waals surface area contributed by atoms with Gasteiger partial charge in [-0.25, -0.2) is 0 Å². The van der Waals surface area contributed by atoms with E-state index in [-0.39, 0.29) is 6.71 Å². The van der Waals surface area contributed by atoms with E-state index in [9.17, 15) is 0 Å².